The first kappa shape index (κ1) is 20.3. The normalized spacial score (nSPS) is 11.3. The molecule has 2 aromatic heterocycles. The van der Waals surface area contributed by atoms with E-state index < -0.39 is 22.4 Å². The number of nitro benzene ring substituents is 1. The molecule has 10 nitrogen and oxygen atoms in total. The number of H-pyrrole nitrogens is 1. The van der Waals surface area contributed by atoms with E-state index in [0.717, 1.165) is 0 Å². The fourth-order valence-electron chi connectivity index (χ4n) is 2.51. The predicted molar refractivity (Wildman–Crippen MR) is 106 cm³/mol. The molecule has 3 rings (SSSR count). The van der Waals surface area contributed by atoms with E-state index in [1.54, 1.807) is 32.5 Å². The summed E-state index contributed by atoms with van der Waals surface area (Å²) in [4.78, 5) is 43.5. The first-order valence-electron chi connectivity index (χ1n) is 8.49. The Bertz CT molecular complexity index is 1080. The lowest BCUT2D eigenvalue weighted by Gasteiger charge is -2.27. The second kappa shape index (κ2) is 7.87. The summed E-state index contributed by atoms with van der Waals surface area (Å²) < 4.78 is 10.5. The number of nitro groups is 1. The minimum absolute atomic E-state index is 0.0130. The number of hydrogen-bond acceptors (Lipinski definition) is 8. The van der Waals surface area contributed by atoms with Gasteiger partial charge in [0.2, 0.25) is 0 Å². The van der Waals surface area contributed by atoms with E-state index in [2.05, 4.69) is 9.97 Å². The summed E-state index contributed by atoms with van der Waals surface area (Å²) in [6.45, 7) is 5.14. The molecule has 1 N–H and O–H groups in total. The molecule has 0 atom stereocenters. The van der Waals surface area contributed by atoms with Gasteiger partial charge >= 0.3 is 11.8 Å². The number of aromatic nitrogens is 2. The largest absolute Gasteiger partial charge is 0.443 e. The van der Waals surface area contributed by atoms with E-state index in [1.165, 1.54) is 40.6 Å². The van der Waals surface area contributed by atoms with Crippen molar-refractivity contribution in [3.63, 3.8) is 0 Å². The van der Waals surface area contributed by atoms with E-state index in [0.29, 0.717) is 10.4 Å². The Kier molecular flexibility index (Phi) is 5.50. The highest BCUT2D eigenvalue weighted by atomic mass is 32.1. The Labute approximate surface area is 168 Å². The highest BCUT2D eigenvalue weighted by Gasteiger charge is 2.30. The molecule has 1 aromatic carbocycles. The van der Waals surface area contributed by atoms with Gasteiger partial charge in [-0.15, -0.1) is 11.3 Å². The van der Waals surface area contributed by atoms with Gasteiger partial charge in [-0.2, -0.15) is 0 Å². The molecule has 0 saturated carbocycles. The number of carbonyl (C=O) groups is 1. The third-order valence-electron chi connectivity index (χ3n) is 3.68. The second-order valence-corrected chi connectivity index (χ2v) is 8.01. The van der Waals surface area contributed by atoms with Gasteiger partial charge < -0.3 is 9.15 Å². The van der Waals surface area contributed by atoms with E-state index in [9.17, 15) is 19.7 Å². The number of oxazole rings is 1. The molecule has 3 aromatic rings. The number of nitrogens with zero attached hydrogens (tertiary/aromatic N) is 3. The molecule has 1 amide bonds. The van der Waals surface area contributed by atoms with Gasteiger partial charge in [0.05, 0.1) is 23.2 Å². The topological polar surface area (TPSA) is 132 Å². The van der Waals surface area contributed by atoms with Crippen molar-refractivity contribution in [3.8, 4) is 11.3 Å². The Morgan fingerprint density at radius 2 is 2.17 bits per heavy atom. The van der Waals surface area contributed by atoms with Crippen molar-refractivity contribution >= 4 is 28.8 Å². The molecule has 0 bridgehead atoms. The van der Waals surface area contributed by atoms with E-state index in [1.807, 2.05) is 0 Å². The molecule has 0 spiro atoms. The summed E-state index contributed by atoms with van der Waals surface area (Å²) >= 11 is 1.30. The number of hydrogen-bond donors (Lipinski definition) is 1. The molecular weight excluding hydrogens is 400 g/mol. The quantitative estimate of drug-likeness (QED) is 0.490. The lowest BCUT2D eigenvalue weighted by atomic mass is 10.1. The Morgan fingerprint density at radius 3 is 2.72 bits per heavy atom. The Balaban J connectivity index is 2.11. The van der Waals surface area contributed by atoms with Gasteiger partial charge in [-0.3, -0.25) is 25.0 Å². The monoisotopic (exact) mass is 418 g/mol. The maximum Gasteiger partial charge on any atom is 0.416 e. The first-order valence-corrected chi connectivity index (χ1v) is 9.37. The fourth-order valence-corrected chi connectivity index (χ4v) is 3.10. The van der Waals surface area contributed by atoms with Crippen molar-refractivity contribution in [1.82, 2.24) is 9.97 Å². The van der Waals surface area contributed by atoms with Crippen LogP contribution in [0.15, 0.2) is 45.3 Å². The molecule has 11 heteroatoms. The van der Waals surface area contributed by atoms with Gasteiger partial charge in [0.1, 0.15) is 11.3 Å². The van der Waals surface area contributed by atoms with Crippen molar-refractivity contribution in [1.29, 1.82) is 0 Å². The van der Waals surface area contributed by atoms with Crippen LogP contribution in [0.4, 0.5) is 16.2 Å². The van der Waals surface area contributed by atoms with Crippen LogP contribution in [0.3, 0.4) is 0 Å². The lowest BCUT2D eigenvalue weighted by molar-refractivity contribution is -0.384. The van der Waals surface area contributed by atoms with Gasteiger partial charge in [-0.05, 0) is 32.9 Å². The average Bonchev–Trinajstić information content (AvgIpc) is 3.29. The minimum atomic E-state index is -0.803. The molecular formula is C18H18N4O6S. The third kappa shape index (κ3) is 4.88. The van der Waals surface area contributed by atoms with Crippen LogP contribution in [0, 0.1) is 10.1 Å². The molecule has 0 fully saturated rings. The molecule has 0 radical (unpaired) electrons. The summed E-state index contributed by atoms with van der Waals surface area (Å²) in [5.41, 5.74) is 0.910. The summed E-state index contributed by atoms with van der Waals surface area (Å²) in [6, 6.07) is 4.10. The highest BCUT2D eigenvalue weighted by Crippen LogP contribution is 2.35. The lowest BCUT2D eigenvalue weighted by Crippen LogP contribution is -2.36. The number of rotatable bonds is 5. The SMILES string of the molecule is CC(C)(C)OC(=O)N(Cc1cncs1)c1cc(-c2c[nH]c(=O)o2)ccc1[N+](=O)[O-]. The van der Waals surface area contributed by atoms with Gasteiger partial charge in [0.15, 0.2) is 5.76 Å². The van der Waals surface area contributed by atoms with Crippen LogP contribution in [0.2, 0.25) is 0 Å². The minimum Gasteiger partial charge on any atom is -0.443 e. The van der Waals surface area contributed by atoms with Crippen molar-refractivity contribution in [2.45, 2.75) is 32.9 Å². The van der Waals surface area contributed by atoms with Crippen LogP contribution in [-0.4, -0.2) is 26.6 Å². The summed E-state index contributed by atoms with van der Waals surface area (Å²) in [6.07, 6.45) is 2.17. The van der Waals surface area contributed by atoms with E-state index >= 15 is 0 Å². The van der Waals surface area contributed by atoms with E-state index in [4.69, 9.17) is 9.15 Å². The van der Waals surface area contributed by atoms with Gasteiger partial charge in [-0.1, -0.05) is 0 Å². The highest BCUT2D eigenvalue weighted by molar-refractivity contribution is 7.09. The zero-order valence-electron chi connectivity index (χ0n) is 15.9. The Hall–Kier alpha value is -3.47. The number of benzene rings is 1. The number of amides is 1. The molecule has 0 unspecified atom stereocenters. The number of thiazole rings is 1. The summed E-state index contributed by atoms with van der Waals surface area (Å²) in [5, 5.41) is 11.6. The number of aromatic amines is 1. The fraction of sp³-hybridized carbons (Fsp3) is 0.278. The van der Waals surface area contributed by atoms with Crippen LogP contribution in [0.25, 0.3) is 11.3 Å². The first-order chi connectivity index (χ1) is 13.6. The summed E-state index contributed by atoms with van der Waals surface area (Å²) in [5.74, 6) is -0.471. The molecule has 0 aliphatic heterocycles. The molecule has 0 aliphatic rings. The smallest absolute Gasteiger partial charge is 0.416 e. The summed E-state index contributed by atoms with van der Waals surface area (Å²) in [7, 11) is 0. The van der Waals surface area contributed by atoms with Crippen molar-refractivity contribution < 1.29 is 18.9 Å². The maximum absolute atomic E-state index is 12.9. The number of anilines is 1. The Morgan fingerprint density at radius 1 is 1.41 bits per heavy atom. The third-order valence-corrected chi connectivity index (χ3v) is 4.45. The zero-order valence-corrected chi connectivity index (χ0v) is 16.7. The molecule has 2 heterocycles. The molecule has 152 valence electrons. The number of nitrogens with one attached hydrogen (secondary N) is 1. The van der Waals surface area contributed by atoms with Crippen LogP contribution >= 0.6 is 11.3 Å². The van der Waals surface area contributed by atoms with Gasteiger partial charge in [0, 0.05) is 22.7 Å². The average molecular weight is 418 g/mol. The predicted octanol–water partition coefficient (Wildman–Crippen LogP) is 3.94. The standard InChI is InChI=1S/C18H18N4O6S/c1-18(2,3)28-17(24)21(9-12-7-19-10-29-12)14-6-11(4-5-13(14)22(25)26)15-8-20-16(23)27-15/h4-8,10H,9H2,1-3H3,(H,20,23). The van der Waals surface area contributed by atoms with Gasteiger partial charge in [0.25, 0.3) is 5.69 Å². The molecule has 0 saturated heterocycles. The molecule has 29 heavy (non-hydrogen) atoms. The van der Waals surface area contributed by atoms with Crippen molar-refractivity contribution in [2.24, 2.45) is 0 Å². The molecule has 0 aliphatic carbocycles. The second-order valence-electron chi connectivity index (χ2n) is 7.04. The van der Waals surface area contributed by atoms with Crippen molar-refractivity contribution in [3.05, 3.63) is 61.6 Å². The van der Waals surface area contributed by atoms with Crippen LogP contribution in [0.1, 0.15) is 25.6 Å². The van der Waals surface area contributed by atoms with Crippen LogP contribution in [0.5, 0.6) is 0 Å². The number of carbonyl (C=O) groups excluding carboxylic acids is 1. The number of ether oxygens (including phenoxy) is 1. The van der Waals surface area contributed by atoms with Crippen molar-refractivity contribution in [2.75, 3.05) is 4.90 Å². The van der Waals surface area contributed by atoms with Gasteiger partial charge in [-0.25, -0.2) is 9.59 Å². The zero-order chi connectivity index (χ0) is 21.2. The van der Waals surface area contributed by atoms with Crippen LogP contribution < -0.4 is 10.7 Å². The maximum atomic E-state index is 12.9. The van der Waals surface area contributed by atoms with E-state index in [-0.39, 0.29) is 23.7 Å². The van der Waals surface area contributed by atoms with Crippen LogP contribution in [-0.2, 0) is 11.3 Å².